The van der Waals surface area contributed by atoms with E-state index in [1.165, 1.54) is 0 Å². The Morgan fingerprint density at radius 2 is 1.78 bits per heavy atom. The van der Waals surface area contributed by atoms with Crippen LogP contribution in [-0.4, -0.2) is 23.3 Å². The molecule has 0 radical (unpaired) electrons. The third kappa shape index (κ3) is 2.02. The zero-order valence-corrected chi connectivity index (χ0v) is 11.0. The van der Waals surface area contributed by atoms with Crippen molar-refractivity contribution >= 4 is 12.6 Å². The summed E-state index contributed by atoms with van der Waals surface area (Å²) in [7, 11) is -0.755. The molecule has 0 spiro atoms. The molecule has 5 heteroatoms. The van der Waals surface area contributed by atoms with Gasteiger partial charge in [0.25, 0.3) is 0 Å². The Labute approximate surface area is 107 Å². The molecule has 1 aromatic rings. The van der Waals surface area contributed by atoms with Gasteiger partial charge in [-0.05, 0) is 33.8 Å². The molecular weight excluding hydrogens is 232 g/mol. The van der Waals surface area contributed by atoms with Crippen LogP contribution in [-0.2, 0) is 9.31 Å². The summed E-state index contributed by atoms with van der Waals surface area (Å²) in [4.78, 5) is 3.67. The average Bonchev–Trinajstić information content (AvgIpc) is 2.47. The fourth-order valence-corrected chi connectivity index (χ4v) is 1.67. The smallest absolute Gasteiger partial charge is 0.399 e. The first-order valence-electron chi connectivity index (χ1n) is 5.75. The lowest BCUT2D eigenvalue weighted by atomic mass is 9.80. The van der Waals surface area contributed by atoms with Crippen LogP contribution in [0.25, 0.3) is 0 Å². The molecule has 1 fully saturated rings. The van der Waals surface area contributed by atoms with Gasteiger partial charge in [0.05, 0.1) is 11.2 Å². The number of pyridine rings is 1. The van der Waals surface area contributed by atoms with Crippen LogP contribution in [0.5, 0.6) is 0 Å². The Hall–Kier alpha value is -1.38. The van der Waals surface area contributed by atoms with Crippen LogP contribution in [0.4, 0.5) is 4.39 Å². The Morgan fingerprint density at radius 1 is 1.22 bits per heavy atom. The van der Waals surface area contributed by atoms with Gasteiger partial charge in [0.1, 0.15) is 5.69 Å². The molecule has 0 amide bonds. The van der Waals surface area contributed by atoms with Gasteiger partial charge in [0.15, 0.2) is 0 Å². The minimum absolute atomic E-state index is 0.257. The normalized spacial score (nSPS) is 20.8. The highest BCUT2D eigenvalue weighted by atomic mass is 19.1. The molecule has 0 aliphatic carbocycles. The average molecular weight is 247 g/mol. The molecule has 3 nitrogen and oxygen atoms in total. The number of halogens is 1. The first-order chi connectivity index (χ1) is 8.27. The van der Waals surface area contributed by atoms with Crippen molar-refractivity contribution in [1.82, 2.24) is 4.98 Å². The molecule has 0 aromatic carbocycles. The number of hydrogen-bond acceptors (Lipinski definition) is 3. The van der Waals surface area contributed by atoms with Crippen LogP contribution in [0.1, 0.15) is 33.4 Å². The highest BCUT2D eigenvalue weighted by molar-refractivity contribution is 6.62. The van der Waals surface area contributed by atoms with E-state index in [1.807, 2.05) is 27.7 Å². The van der Waals surface area contributed by atoms with Crippen molar-refractivity contribution in [3.05, 3.63) is 23.8 Å². The van der Waals surface area contributed by atoms with Gasteiger partial charge in [0, 0.05) is 5.46 Å². The molecule has 1 aliphatic rings. The van der Waals surface area contributed by atoms with Crippen LogP contribution in [0.3, 0.4) is 0 Å². The van der Waals surface area contributed by atoms with Crippen LogP contribution in [0.15, 0.2) is 12.1 Å². The molecule has 0 saturated carbocycles. The van der Waals surface area contributed by atoms with Crippen LogP contribution in [0.2, 0.25) is 0 Å². The van der Waals surface area contributed by atoms with Gasteiger partial charge < -0.3 is 9.31 Å². The van der Waals surface area contributed by atoms with Gasteiger partial charge >= 0.3 is 7.12 Å². The number of terminal acetylenes is 1. The maximum atomic E-state index is 13.8. The van der Waals surface area contributed by atoms with E-state index in [1.54, 1.807) is 12.1 Å². The van der Waals surface area contributed by atoms with Gasteiger partial charge in [-0.15, -0.1) is 6.42 Å². The first kappa shape index (κ1) is 13.1. The van der Waals surface area contributed by atoms with Crippen LogP contribution in [0, 0.1) is 18.3 Å². The molecule has 1 aromatic heterocycles. The number of nitrogens with zero attached hydrogens (tertiary/aromatic N) is 1. The van der Waals surface area contributed by atoms with E-state index in [0.29, 0.717) is 0 Å². The number of rotatable bonds is 1. The van der Waals surface area contributed by atoms with Crippen molar-refractivity contribution in [1.29, 1.82) is 0 Å². The Kier molecular flexibility index (Phi) is 2.96. The fourth-order valence-electron chi connectivity index (χ4n) is 1.67. The predicted octanol–water partition coefficient (Wildman–Crippen LogP) is 1.50. The van der Waals surface area contributed by atoms with E-state index in [4.69, 9.17) is 15.7 Å². The second-order valence-corrected chi connectivity index (χ2v) is 5.31. The summed E-state index contributed by atoms with van der Waals surface area (Å²) in [5.41, 5.74) is -0.482. The standard InChI is InChI=1S/C13H15BFNO2/c1-6-9-7-8-10(11(15)16-9)14-17-12(2,3)13(4,5)18-14/h1,7-8H,2-5H3. The summed E-state index contributed by atoms with van der Waals surface area (Å²) in [5, 5.41) is 0. The lowest BCUT2D eigenvalue weighted by Crippen LogP contribution is -2.41. The molecule has 18 heavy (non-hydrogen) atoms. The summed E-state index contributed by atoms with van der Waals surface area (Å²) >= 11 is 0. The minimum atomic E-state index is -0.755. The van der Waals surface area contributed by atoms with Gasteiger partial charge in [-0.1, -0.05) is 12.0 Å². The summed E-state index contributed by atoms with van der Waals surface area (Å²) in [6.07, 6.45) is 5.17. The molecule has 2 rings (SSSR count). The molecule has 94 valence electrons. The largest absolute Gasteiger partial charge is 0.499 e. The third-order valence-corrected chi connectivity index (χ3v) is 3.53. The number of hydrogen-bond donors (Lipinski definition) is 0. The summed E-state index contributed by atoms with van der Waals surface area (Å²) < 4.78 is 25.3. The highest BCUT2D eigenvalue weighted by Crippen LogP contribution is 2.36. The van der Waals surface area contributed by atoms with E-state index in [0.717, 1.165) is 0 Å². The first-order valence-corrected chi connectivity index (χ1v) is 5.75. The molecule has 0 N–H and O–H groups in total. The van der Waals surface area contributed by atoms with Crippen molar-refractivity contribution in [3.63, 3.8) is 0 Å². The monoisotopic (exact) mass is 247 g/mol. The summed E-state index contributed by atoms with van der Waals surface area (Å²) in [6, 6.07) is 3.13. The third-order valence-electron chi connectivity index (χ3n) is 3.53. The second-order valence-electron chi connectivity index (χ2n) is 5.31. The zero-order valence-electron chi connectivity index (χ0n) is 11.0. The Balaban J connectivity index is 2.33. The maximum absolute atomic E-state index is 13.8. The minimum Gasteiger partial charge on any atom is -0.399 e. The number of aromatic nitrogens is 1. The topological polar surface area (TPSA) is 31.4 Å². The highest BCUT2D eigenvalue weighted by Gasteiger charge is 2.52. The van der Waals surface area contributed by atoms with Gasteiger partial charge in [0.2, 0.25) is 5.95 Å². The summed E-state index contributed by atoms with van der Waals surface area (Å²) in [5.74, 6) is 1.64. The molecule has 2 heterocycles. The maximum Gasteiger partial charge on any atom is 0.499 e. The van der Waals surface area contributed by atoms with Gasteiger partial charge in [-0.3, -0.25) is 0 Å². The van der Waals surface area contributed by atoms with Crippen molar-refractivity contribution in [2.24, 2.45) is 0 Å². The van der Waals surface area contributed by atoms with Crippen molar-refractivity contribution < 1.29 is 13.7 Å². The Bertz CT molecular complexity index is 506. The molecule has 0 atom stereocenters. The van der Waals surface area contributed by atoms with Crippen molar-refractivity contribution in [2.75, 3.05) is 0 Å². The van der Waals surface area contributed by atoms with E-state index >= 15 is 0 Å². The lowest BCUT2D eigenvalue weighted by Gasteiger charge is -2.32. The molecule has 1 saturated heterocycles. The SMILES string of the molecule is C#Cc1ccc(B2OC(C)(C)C(C)(C)O2)c(F)n1. The molecule has 1 aliphatic heterocycles. The second kappa shape index (κ2) is 4.08. The zero-order chi connectivity index (χ0) is 13.6. The van der Waals surface area contributed by atoms with Gasteiger partial charge in [-0.2, -0.15) is 4.39 Å². The van der Waals surface area contributed by atoms with Crippen LogP contribution < -0.4 is 5.46 Å². The predicted molar refractivity (Wildman–Crippen MR) is 67.8 cm³/mol. The van der Waals surface area contributed by atoms with E-state index in [-0.39, 0.29) is 11.2 Å². The Morgan fingerprint density at radius 3 is 2.22 bits per heavy atom. The fraction of sp³-hybridized carbons (Fsp3) is 0.462. The lowest BCUT2D eigenvalue weighted by molar-refractivity contribution is 0.00578. The quantitative estimate of drug-likeness (QED) is 0.428. The van der Waals surface area contributed by atoms with E-state index in [9.17, 15) is 4.39 Å². The van der Waals surface area contributed by atoms with E-state index in [2.05, 4.69) is 10.9 Å². The molecular formula is C13H15BFNO2. The molecule has 0 bridgehead atoms. The van der Waals surface area contributed by atoms with Crippen molar-refractivity contribution in [2.45, 2.75) is 38.9 Å². The summed E-state index contributed by atoms with van der Waals surface area (Å²) in [6.45, 7) is 7.64. The van der Waals surface area contributed by atoms with Crippen LogP contribution >= 0.6 is 0 Å². The van der Waals surface area contributed by atoms with E-state index < -0.39 is 24.3 Å². The van der Waals surface area contributed by atoms with Gasteiger partial charge in [-0.25, -0.2) is 4.98 Å². The van der Waals surface area contributed by atoms with Crippen molar-refractivity contribution in [3.8, 4) is 12.3 Å². The molecule has 0 unspecified atom stereocenters.